The highest BCUT2D eigenvalue weighted by Gasteiger charge is 2.30. The van der Waals surface area contributed by atoms with Crippen molar-refractivity contribution in [3.8, 4) is 17.6 Å². The lowest BCUT2D eigenvalue weighted by molar-refractivity contribution is -0.137. The van der Waals surface area contributed by atoms with Crippen molar-refractivity contribution in [3.63, 3.8) is 0 Å². The molecule has 0 spiro atoms. The molecule has 0 saturated heterocycles. The number of nitriles is 1. The van der Waals surface area contributed by atoms with Crippen LogP contribution in [-0.2, 0) is 17.6 Å². The van der Waals surface area contributed by atoms with Gasteiger partial charge in [-0.2, -0.15) is 18.4 Å². The first-order valence-electron chi connectivity index (χ1n) is 10.9. The predicted molar refractivity (Wildman–Crippen MR) is 140 cm³/mol. The highest BCUT2D eigenvalue weighted by atomic mass is 127. The first kappa shape index (κ1) is 27.1. The Labute approximate surface area is 220 Å². The quantitative estimate of drug-likeness (QED) is 0.168. The van der Waals surface area contributed by atoms with Crippen molar-refractivity contribution in [1.29, 1.82) is 5.26 Å². The molecule has 5 nitrogen and oxygen atoms in total. The lowest BCUT2D eigenvalue weighted by Gasteiger charge is -2.16. The molecule has 0 heterocycles. The monoisotopic (exact) mass is 606 g/mol. The summed E-state index contributed by atoms with van der Waals surface area (Å²) >= 11 is 2.08. The number of halogens is 4. The van der Waals surface area contributed by atoms with Gasteiger partial charge in [-0.25, -0.2) is 0 Å². The van der Waals surface area contributed by atoms with Gasteiger partial charge in [-0.05, 0) is 89.5 Å². The summed E-state index contributed by atoms with van der Waals surface area (Å²) in [6.07, 6.45) is -3.21. The Hall–Kier alpha value is -3.52. The molecule has 0 saturated carbocycles. The van der Waals surface area contributed by atoms with E-state index in [0.717, 1.165) is 23.3 Å². The van der Waals surface area contributed by atoms with Crippen LogP contribution in [0.4, 0.5) is 18.9 Å². The van der Waals surface area contributed by atoms with Gasteiger partial charge in [-0.3, -0.25) is 4.79 Å². The third kappa shape index (κ3) is 7.01. The number of hydrogen-bond acceptors (Lipinski definition) is 4. The molecule has 3 aromatic carbocycles. The maximum absolute atomic E-state index is 13.0. The molecule has 0 fully saturated rings. The molecule has 0 radical (unpaired) electrons. The van der Waals surface area contributed by atoms with E-state index < -0.39 is 17.6 Å². The zero-order valence-corrected chi connectivity index (χ0v) is 21.6. The average Bonchev–Trinajstić information content (AvgIpc) is 2.83. The fourth-order valence-electron chi connectivity index (χ4n) is 3.28. The number of rotatable bonds is 8. The molecule has 1 amide bonds. The maximum atomic E-state index is 13.0. The molecule has 0 aliphatic rings. The standard InChI is InChI=1S/C27H22F3IN2O3/c1-3-35-24-13-18(12-23(31)25(24)36-16-19-8-5-4-7-17(19)2)11-20(15-32)26(34)33-22-10-6-9-21(14-22)27(28,29)30/h4-14H,3,16H2,1-2H3,(H,33,34)/b20-11+. The highest BCUT2D eigenvalue weighted by Crippen LogP contribution is 2.36. The van der Waals surface area contributed by atoms with Gasteiger partial charge in [0.05, 0.1) is 15.7 Å². The zero-order chi connectivity index (χ0) is 26.3. The summed E-state index contributed by atoms with van der Waals surface area (Å²) in [4.78, 5) is 12.6. The van der Waals surface area contributed by atoms with Gasteiger partial charge < -0.3 is 14.8 Å². The number of nitrogens with zero attached hydrogens (tertiary/aromatic N) is 1. The van der Waals surface area contributed by atoms with Gasteiger partial charge in [0.2, 0.25) is 0 Å². The van der Waals surface area contributed by atoms with Gasteiger partial charge in [0.25, 0.3) is 5.91 Å². The number of hydrogen-bond donors (Lipinski definition) is 1. The highest BCUT2D eigenvalue weighted by molar-refractivity contribution is 14.1. The van der Waals surface area contributed by atoms with Crippen LogP contribution in [0.1, 0.15) is 29.2 Å². The number of carbonyl (C=O) groups is 1. The van der Waals surface area contributed by atoms with Crippen molar-refractivity contribution in [2.24, 2.45) is 0 Å². The number of benzene rings is 3. The molecule has 0 atom stereocenters. The summed E-state index contributed by atoms with van der Waals surface area (Å²) in [5.41, 5.74) is 1.37. The van der Waals surface area contributed by atoms with Gasteiger partial charge in [0, 0.05) is 5.69 Å². The minimum absolute atomic E-state index is 0.0690. The minimum Gasteiger partial charge on any atom is -0.490 e. The minimum atomic E-state index is -4.55. The van der Waals surface area contributed by atoms with Crippen LogP contribution in [-0.4, -0.2) is 12.5 Å². The second-order valence-electron chi connectivity index (χ2n) is 7.68. The molecule has 0 aliphatic carbocycles. The van der Waals surface area contributed by atoms with E-state index in [1.54, 1.807) is 18.2 Å². The molecular formula is C27H22F3IN2O3. The Bertz CT molecular complexity index is 1330. The third-order valence-electron chi connectivity index (χ3n) is 5.09. The van der Waals surface area contributed by atoms with Crippen LogP contribution in [0.15, 0.2) is 66.2 Å². The summed E-state index contributed by atoms with van der Waals surface area (Å²) < 4.78 is 51.4. The van der Waals surface area contributed by atoms with E-state index in [0.29, 0.717) is 33.8 Å². The lowest BCUT2D eigenvalue weighted by atomic mass is 10.1. The van der Waals surface area contributed by atoms with Crippen LogP contribution >= 0.6 is 22.6 Å². The Kier molecular flexibility index (Phi) is 8.98. The zero-order valence-electron chi connectivity index (χ0n) is 19.4. The largest absolute Gasteiger partial charge is 0.490 e. The van der Waals surface area contributed by atoms with Gasteiger partial charge in [0.1, 0.15) is 18.2 Å². The number of ether oxygens (including phenoxy) is 2. The molecule has 1 N–H and O–H groups in total. The van der Waals surface area contributed by atoms with Crippen molar-refractivity contribution < 1.29 is 27.4 Å². The van der Waals surface area contributed by atoms with Gasteiger partial charge in [0.15, 0.2) is 11.5 Å². The number of aryl methyl sites for hydroxylation is 1. The Morgan fingerprint density at radius 2 is 1.86 bits per heavy atom. The predicted octanol–water partition coefficient (Wildman–Crippen LogP) is 7.14. The van der Waals surface area contributed by atoms with Crippen molar-refractivity contribution in [3.05, 3.63) is 92.1 Å². The van der Waals surface area contributed by atoms with Gasteiger partial charge >= 0.3 is 6.18 Å². The van der Waals surface area contributed by atoms with E-state index >= 15 is 0 Å². The normalized spacial score (nSPS) is 11.5. The summed E-state index contributed by atoms with van der Waals surface area (Å²) in [5, 5.41) is 11.9. The number of anilines is 1. The molecule has 3 aromatic rings. The van der Waals surface area contributed by atoms with E-state index in [4.69, 9.17) is 9.47 Å². The lowest BCUT2D eigenvalue weighted by Crippen LogP contribution is -2.14. The first-order valence-corrected chi connectivity index (χ1v) is 11.9. The van der Waals surface area contributed by atoms with Crippen LogP contribution in [0.5, 0.6) is 11.5 Å². The van der Waals surface area contributed by atoms with Crippen LogP contribution < -0.4 is 14.8 Å². The van der Waals surface area contributed by atoms with Crippen LogP contribution in [0.25, 0.3) is 6.08 Å². The van der Waals surface area contributed by atoms with E-state index in [9.17, 15) is 23.2 Å². The fourth-order valence-corrected chi connectivity index (χ4v) is 4.06. The second kappa shape index (κ2) is 11.9. The summed E-state index contributed by atoms with van der Waals surface area (Å²) in [5.74, 6) is 0.147. The Balaban J connectivity index is 1.85. The van der Waals surface area contributed by atoms with Crippen LogP contribution in [0.3, 0.4) is 0 Å². The molecule has 3 rings (SSSR count). The molecule has 0 aliphatic heterocycles. The van der Waals surface area contributed by atoms with Crippen molar-refractivity contribution in [2.75, 3.05) is 11.9 Å². The smallest absolute Gasteiger partial charge is 0.416 e. The van der Waals surface area contributed by atoms with E-state index in [1.807, 2.05) is 38.1 Å². The summed E-state index contributed by atoms with van der Waals surface area (Å²) in [6.45, 7) is 4.52. The first-order chi connectivity index (χ1) is 17.1. The topological polar surface area (TPSA) is 71.3 Å². The Morgan fingerprint density at radius 1 is 1.11 bits per heavy atom. The van der Waals surface area contributed by atoms with Crippen LogP contribution in [0.2, 0.25) is 0 Å². The van der Waals surface area contributed by atoms with Crippen LogP contribution in [0, 0.1) is 21.8 Å². The number of carbonyl (C=O) groups excluding carboxylic acids is 1. The molecular weight excluding hydrogens is 584 g/mol. The van der Waals surface area contributed by atoms with Crippen molar-refractivity contribution >= 4 is 40.3 Å². The number of nitrogens with one attached hydrogen (secondary N) is 1. The second-order valence-corrected chi connectivity index (χ2v) is 8.84. The molecule has 36 heavy (non-hydrogen) atoms. The maximum Gasteiger partial charge on any atom is 0.416 e. The summed E-state index contributed by atoms with van der Waals surface area (Å²) in [7, 11) is 0. The Morgan fingerprint density at radius 3 is 2.53 bits per heavy atom. The van der Waals surface area contributed by atoms with E-state index in [2.05, 4.69) is 27.9 Å². The van der Waals surface area contributed by atoms with Gasteiger partial charge in [-0.15, -0.1) is 0 Å². The number of amides is 1. The molecule has 0 unspecified atom stereocenters. The van der Waals surface area contributed by atoms with Gasteiger partial charge in [-0.1, -0.05) is 30.3 Å². The summed E-state index contributed by atoms with van der Waals surface area (Å²) in [6, 6.07) is 17.2. The molecule has 0 bridgehead atoms. The fraction of sp³-hybridized carbons (Fsp3) is 0.185. The van der Waals surface area contributed by atoms with E-state index in [-0.39, 0.29) is 11.3 Å². The molecule has 0 aromatic heterocycles. The third-order valence-corrected chi connectivity index (χ3v) is 5.89. The average molecular weight is 606 g/mol. The number of alkyl halides is 3. The molecule has 9 heteroatoms. The molecule has 186 valence electrons. The van der Waals surface area contributed by atoms with Crippen molar-refractivity contribution in [2.45, 2.75) is 26.6 Å². The van der Waals surface area contributed by atoms with E-state index in [1.165, 1.54) is 18.2 Å². The van der Waals surface area contributed by atoms with Crippen molar-refractivity contribution in [1.82, 2.24) is 0 Å². The SMILES string of the molecule is CCOc1cc(/C=C(\C#N)C(=O)Nc2cccc(C(F)(F)F)c2)cc(I)c1OCc1ccccc1C.